The molecule has 21 heavy (non-hydrogen) atoms. The first-order valence-electron chi connectivity index (χ1n) is 6.53. The van der Waals surface area contributed by atoms with Crippen molar-refractivity contribution in [1.29, 1.82) is 0 Å². The Kier molecular flexibility index (Phi) is 2.52. The second kappa shape index (κ2) is 4.39. The first-order chi connectivity index (χ1) is 10.3. The van der Waals surface area contributed by atoms with Crippen molar-refractivity contribution in [3.63, 3.8) is 0 Å². The van der Waals surface area contributed by atoms with Crippen LogP contribution in [0.2, 0.25) is 0 Å². The molecule has 3 N–H and O–H groups in total. The standard InChI is InChI=1S/C15H13N3O3/c16-15-14(10-1-2-11-12(6-10)21-8-20-11)17-13-5-9(7-19)3-4-18(13)15/h1-6,19H,7-8,16H2. The molecule has 1 aliphatic rings. The zero-order valence-corrected chi connectivity index (χ0v) is 11.1. The lowest BCUT2D eigenvalue weighted by atomic mass is 10.1. The minimum atomic E-state index is -0.0252. The minimum Gasteiger partial charge on any atom is -0.454 e. The fraction of sp³-hybridized carbons (Fsp3) is 0.133. The summed E-state index contributed by atoms with van der Waals surface area (Å²) in [6, 6.07) is 9.24. The molecular formula is C15H13N3O3. The Labute approximate surface area is 120 Å². The Hall–Kier alpha value is -2.73. The number of nitrogen functional groups attached to an aromatic ring is 1. The Morgan fingerprint density at radius 3 is 2.90 bits per heavy atom. The molecule has 0 fully saturated rings. The average Bonchev–Trinajstić information content (AvgIpc) is 3.10. The summed E-state index contributed by atoms with van der Waals surface area (Å²) >= 11 is 0. The summed E-state index contributed by atoms with van der Waals surface area (Å²) in [5.41, 5.74) is 9.22. The highest BCUT2D eigenvalue weighted by atomic mass is 16.7. The van der Waals surface area contributed by atoms with Gasteiger partial charge in [-0.05, 0) is 35.9 Å². The predicted octanol–water partition coefficient (Wildman–Crippen LogP) is 1.80. The molecule has 3 heterocycles. The molecule has 106 valence electrons. The zero-order chi connectivity index (χ0) is 14.4. The lowest BCUT2D eigenvalue weighted by Crippen LogP contribution is -1.95. The number of benzene rings is 1. The van der Waals surface area contributed by atoms with E-state index in [4.69, 9.17) is 15.2 Å². The van der Waals surface area contributed by atoms with E-state index in [1.165, 1.54) is 0 Å². The molecule has 3 aromatic rings. The summed E-state index contributed by atoms with van der Waals surface area (Å²) in [5.74, 6) is 1.97. The Morgan fingerprint density at radius 2 is 2.05 bits per heavy atom. The monoisotopic (exact) mass is 283 g/mol. The van der Waals surface area contributed by atoms with Crippen LogP contribution in [0.1, 0.15) is 5.56 Å². The van der Waals surface area contributed by atoms with Gasteiger partial charge in [0.25, 0.3) is 0 Å². The molecule has 0 saturated carbocycles. The van der Waals surface area contributed by atoms with E-state index in [9.17, 15) is 5.11 Å². The van der Waals surface area contributed by atoms with Crippen LogP contribution >= 0.6 is 0 Å². The number of anilines is 1. The van der Waals surface area contributed by atoms with Gasteiger partial charge in [-0.1, -0.05) is 0 Å². The van der Waals surface area contributed by atoms with Crippen LogP contribution in [-0.2, 0) is 6.61 Å². The molecule has 0 amide bonds. The zero-order valence-electron chi connectivity index (χ0n) is 11.1. The molecule has 1 aromatic carbocycles. The van der Waals surface area contributed by atoms with Gasteiger partial charge in [-0.3, -0.25) is 4.40 Å². The number of ether oxygens (including phenoxy) is 2. The quantitative estimate of drug-likeness (QED) is 0.749. The van der Waals surface area contributed by atoms with Gasteiger partial charge in [0.1, 0.15) is 17.2 Å². The second-order valence-electron chi connectivity index (χ2n) is 4.83. The lowest BCUT2D eigenvalue weighted by Gasteiger charge is -2.01. The van der Waals surface area contributed by atoms with Crippen molar-refractivity contribution < 1.29 is 14.6 Å². The highest BCUT2D eigenvalue weighted by Crippen LogP contribution is 2.37. The molecule has 0 atom stereocenters. The van der Waals surface area contributed by atoms with Gasteiger partial charge in [0.2, 0.25) is 6.79 Å². The fourth-order valence-electron chi connectivity index (χ4n) is 2.46. The predicted molar refractivity (Wildman–Crippen MR) is 77.1 cm³/mol. The SMILES string of the molecule is Nc1c(-c2ccc3c(c2)OCO3)nc2cc(CO)ccn12. The number of nitrogens with two attached hydrogens (primary N) is 1. The van der Waals surface area contributed by atoms with Gasteiger partial charge < -0.3 is 20.3 Å². The van der Waals surface area contributed by atoms with Crippen molar-refractivity contribution in [2.75, 3.05) is 12.5 Å². The van der Waals surface area contributed by atoms with Crippen molar-refractivity contribution in [3.8, 4) is 22.8 Å². The van der Waals surface area contributed by atoms with Crippen LogP contribution in [0.5, 0.6) is 11.5 Å². The van der Waals surface area contributed by atoms with Crippen molar-refractivity contribution in [3.05, 3.63) is 42.1 Å². The Bertz CT molecular complexity index is 842. The van der Waals surface area contributed by atoms with Gasteiger partial charge in [-0.2, -0.15) is 0 Å². The van der Waals surface area contributed by atoms with Crippen LogP contribution in [0.15, 0.2) is 36.5 Å². The van der Waals surface area contributed by atoms with E-state index >= 15 is 0 Å². The third kappa shape index (κ3) is 1.80. The fourth-order valence-corrected chi connectivity index (χ4v) is 2.46. The van der Waals surface area contributed by atoms with Crippen LogP contribution in [0.4, 0.5) is 5.82 Å². The Morgan fingerprint density at radius 1 is 1.19 bits per heavy atom. The Balaban J connectivity index is 1.88. The maximum Gasteiger partial charge on any atom is 0.231 e. The summed E-state index contributed by atoms with van der Waals surface area (Å²) in [6.45, 7) is 0.210. The van der Waals surface area contributed by atoms with E-state index in [2.05, 4.69) is 4.98 Å². The summed E-state index contributed by atoms with van der Waals surface area (Å²) in [4.78, 5) is 4.55. The molecule has 0 radical (unpaired) electrons. The van der Waals surface area contributed by atoms with Crippen LogP contribution in [-0.4, -0.2) is 21.3 Å². The summed E-state index contributed by atoms with van der Waals surface area (Å²) < 4.78 is 12.5. The number of hydrogen-bond donors (Lipinski definition) is 2. The van der Waals surface area contributed by atoms with Crippen LogP contribution in [0.3, 0.4) is 0 Å². The molecule has 6 nitrogen and oxygen atoms in total. The normalized spacial score (nSPS) is 13.0. The van der Waals surface area contributed by atoms with E-state index in [0.717, 1.165) is 16.9 Å². The minimum absolute atomic E-state index is 0.0252. The van der Waals surface area contributed by atoms with Gasteiger partial charge in [-0.15, -0.1) is 0 Å². The third-order valence-electron chi connectivity index (χ3n) is 3.56. The topological polar surface area (TPSA) is 82.0 Å². The smallest absolute Gasteiger partial charge is 0.231 e. The van der Waals surface area contributed by atoms with E-state index in [-0.39, 0.29) is 13.4 Å². The van der Waals surface area contributed by atoms with E-state index in [1.54, 1.807) is 10.6 Å². The number of aromatic nitrogens is 2. The van der Waals surface area contributed by atoms with Crippen molar-refractivity contribution in [2.45, 2.75) is 6.61 Å². The maximum absolute atomic E-state index is 9.20. The van der Waals surface area contributed by atoms with Crippen LogP contribution < -0.4 is 15.2 Å². The third-order valence-corrected chi connectivity index (χ3v) is 3.56. The molecule has 6 heteroatoms. The molecule has 0 saturated heterocycles. The first-order valence-corrected chi connectivity index (χ1v) is 6.53. The number of imidazole rings is 1. The number of nitrogens with zero attached hydrogens (tertiary/aromatic N) is 2. The number of pyridine rings is 1. The highest BCUT2D eigenvalue weighted by Gasteiger charge is 2.17. The summed E-state index contributed by atoms with van der Waals surface area (Å²) in [5, 5.41) is 9.20. The van der Waals surface area contributed by atoms with Crippen molar-refractivity contribution in [1.82, 2.24) is 9.38 Å². The first kappa shape index (κ1) is 12.0. The number of aliphatic hydroxyl groups is 1. The maximum atomic E-state index is 9.20. The lowest BCUT2D eigenvalue weighted by molar-refractivity contribution is 0.174. The summed E-state index contributed by atoms with van der Waals surface area (Å²) in [7, 11) is 0. The molecule has 0 unspecified atom stereocenters. The van der Waals surface area contributed by atoms with E-state index in [1.807, 2.05) is 30.3 Å². The molecule has 1 aliphatic heterocycles. The van der Waals surface area contributed by atoms with Crippen molar-refractivity contribution in [2.24, 2.45) is 0 Å². The van der Waals surface area contributed by atoms with Gasteiger partial charge in [0.05, 0.1) is 6.61 Å². The molecule has 0 spiro atoms. The van der Waals surface area contributed by atoms with Gasteiger partial charge in [0, 0.05) is 11.8 Å². The van der Waals surface area contributed by atoms with Gasteiger partial charge >= 0.3 is 0 Å². The van der Waals surface area contributed by atoms with E-state index < -0.39 is 0 Å². The molecule has 2 aromatic heterocycles. The molecule has 0 aliphatic carbocycles. The highest BCUT2D eigenvalue weighted by molar-refractivity contribution is 5.76. The van der Waals surface area contributed by atoms with Crippen LogP contribution in [0.25, 0.3) is 16.9 Å². The average molecular weight is 283 g/mol. The van der Waals surface area contributed by atoms with Gasteiger partial charge in [0.15, 0.2) is 11.5 Å². The van der Waals surface area contributed by atoms with Gasteiger partial charge in [-0.25, -0.2) is 4.98 Å². The summed E-state index contributed by atoms with van der Waals surface area (Å²) in [6.07, 6.45) is 1.81. The van der Waals surface area contributed by atoms with Crippen LogP contribution in [0, 0.1) is 0 Å². The number of fused-ring (bicyclic) bond motifs is 2. The second-order valence-corrected chi connectivity index (χ2v) is 4.83. The molecule has 0 bridgehead atoms. The number of hydrogen-bond acceptors (Lipinski definition) is 5. The molecule has 4 rings (SSSR count). The number of aliphatic hydroxyl groups excluding tert-OH is 1. The van der Waals surface area contributed by atoms with Crippen molar-refractivity contribution >= 4 is 11.5 Å². The largest absolute Gasteiger partial charge is 0.454 e. The number of rotatable bonds is 2. The molecular weight excluding hydrogens is 270 g/mol. The van der Waals surface area contributed by atoms with E-state index in [0.29, 0.717) is 22.9 Å².